The largest absolute Gasteiger partial charge is 0.480 e. The molecule has 1 aliphatic rings. The standard InChI is InChI=1S/C13H12N2O4/c1-17-13-11(14-4-5-15-13)12(16)8-2-3-9-10(6-8)19-7-18-9/h2-6,12,16H,7H2,1H3. The second kappa shape index (κ2) is 4.74. The van der Waals surface area contributed by atoms with Gasteiger partial charge in [-0.25, -0.2) is 4.98 Å². The van der Waals surface area contributed by atoms with E-state index in [1.54, 1.807) is 18.2 Å². The minimum atomic E-state index is -0.932. The fourth-order valence-electron chi connectivity index (χ4n) is 1.92. The number of aliphatic hydroxyl groups is 1. The number of hydrogen-bond acceptors (Lipinski definition) is 6. The van der Waals surface area contributed by atoms with Gasteiger partial charge in [0.2, 0.25) is 12.7 Å². The molecule has 1 unspecified atom stereocenters. The lowest BCUT2D eigenvalue weighted by Gasteiger charge is -2.13. The smallest absolute Gasteiger partial charge is 0.238 e. The van der Waals surface area contributed by atoms with Crippen LogP contribution in [0.2, 0.25) is 0 Å². The summed E-state index contributed by atoms with van der Waals surface area (Å²) in [4.78, 5) is 8.13. The number of benzene rings is 1. The van der Waals surface area contributed by atoms with E-state index in [1.807, 2.05) is 0 Å². The van der Waals surface area contributed by atoms with Gasteiger partial charge in [0.1, 0.15) is 11.8 Å². The Kier molecular flexibility index (Phi) is 2.92. The Morgan fingerprint density at radius 1 is 1.21 bits per heavy atom. The monoisotopic (exact) mass is 260 g/mol. The summed E-state index contributed by atoms with van der Waals surface area (Å²) in [7, 11) is 1.49. The predicted octanol–water partition coefficient (Wildman–Crippen LogP) is 1.30. The molecule has 19 heavy (non-hydrogen) atoms. The van der Waals surface area contributed by atoms with E-state index in [0.29, 0.717) is 28.6 Å². The molecule has 1 aromatic carbocycles. The zero-order valence-corrected chi connectivity index (χ0v) is 10.2. The van der Waals surface area contributed by atoms with Gasteiger partial charge in [-0.15, -0.1) is 0 Å². The van der Waals surface area contributed by atoms with Crippen molar-refractivity contribution in [2.24, 2.45) is 0 Å². The quantitative estimate of drug-likeness (QED) is 0.896. The molecule has 0 radical (unpaired) electrons. The van der Waals surface area contributed by atoms with Gasteiger partial charge in [0.05, 0.1) is 7.11 Å². The number of ether oxygens (including phenoxy) is 3. The molecule has 0 aliphatic carbocycles. The molecular weight excluding hydrogens is 248 g/mol. The maximum absolute atomic E-state index is 10.4. The van der Waals surface area contributed by atoms with Gasteiger partial charge in [0.15, 0.2) is 11.5 Å². The van der Waals surface area contributed by atoms with Gasteiger partial charge in [0.25, 0.3) is 0 Å². The van der Waals surface area contributed by atoms with E-state index in [-0.39, 0.29) is 6.79 Å². The third-order valence-electron chi connectivity index (χ3n) is 2.86. The summed E-state index contributed by atoms with van der Waals surface area (Å²) in [6.45, 7) is 0.198. The van der Waals surface area contributed by atoms with Crippen LogP contribution in [-0.4, -0.2) is 29.0 Å². The second-order valence-corrected chi connectivity index (χ2v) is 3.97. The van der Waals surface area contributed by atoms with Crippen molar-refractivity contribution in [1.29, 1.82) is 0 Å². The molecule has 2 heterocycles. The van der Waals surface area contributed by atoms with Crippen molar-refractivity contribution in [3.63, 3.8) is 0 Å². The van der Waals surface area contributed by atoms with Crippen molar-refractivity contribution >= 4 is 0 Å². The van der Waals surface area contributed by atoms with Crippen LogP contribution in [0.1, 0.15) is 17.4 Å². The summed E-state index contributed by atoms with van der Waals surface area (Å²) in [5, 5.41) is 10.4. The third kappa shape index (κ3) is 2.06. The van der Waals surface area contributed by atoms with Crippen molar-refractivity contribution in [2.45, 2.75) is 6.10 Å². The summed E-state index contributed by atoms with van der Waals surface area (Å²) < 4.78 is 15.6. The number of methoxy groups -OCH3 is 1. The minimum Gasteiger partial charge on any atom is -0.480 e. The fraction of sp³-hybridized carbons (Fsp3) is 0.231. The van der Waals surface area contributed by atoms with Crippen molar-refractivity contribution in [1.82, 2.24) is 9.97 Å². The van der Waals surface area contributed by atoms with Gasteiger partial charge >= 0.3 is 0 Å². The average molecular weight is 260 g/mol. The first-order valence-electron chi connectivity index (χ1n) is 5.72. The van der Waals surface area contributed by atoms with Crippen molar-refractivity contribution in [2.75, 3.05) is 13.9 Å². The first-order chi connectivity index (χ1) is 9.29. The van der Waals surface area contributed by atoms with Gasteiger partial charge in [-0.3, -0.25) is 4.98 Å². The van der Waals surface area contributed by atoms with Crippen LogP contribution in [0.15, 0.2) is 30.6 Å². The highest BCUT2D eigenvalue weighted by molar-refractivity contribution is 5.46. The van der Waals surface area contributed by atoms with Gasteiger partial charge in [0, 0.05) is 12.4 Å². The average Bonchev–Trinajstić information content (AvgIpc) is 2.93. The maximum Gasteiger partial charge on any atom is 0.238 e. The van der Waals surface area contributed by atoms with Crippen LogP contribution < -0.4 is 14.2 Å². The molecule has 1 atom stereocenters. The number of nitrogens with zero attached hydrogens (tertiary/aromatic N) is 2. The maximum atomic E-state index is 10.4. The molecule has 1 N–H and O–H groups in total. The normalized spacial score (nSPS) is 14.2. The van der Waals surface area contributed by atoms with Crippen LogP contribution in [0.25, 0.3) is 0 Å². The molecule has 98 valence electrons. The molecule has 1 aliphatic heterocycles. The number of aliphatic hydroxyl groups excluding tert-OH is 1. The fourth-order valence-corrected chi connectivity index (χ4v) is 1.92. The molecule has 6 heteroatoms. The summed E-state index contributed by atoms with van der Waals surface area (Å²) in [5.41, 5.74) is 1.01. The van der Waals surface area contributed by atoms with Crippen molar-refractivity contribution in [3.05, 3.63) is 41.9 Å². The van der Waals surface area contributed by atoms with E-state index in [0.717, 1.165) is 0 Å². The number of aromatic nitrogens is 2. The molecule has 0 saturated heterocycles. The Morgan fingerprint density at radius 3 is 2.84 bits per heavy atom. The highest BCUT2D eigenvalue weighted by Crippen LogP contribution is 2.36. The number of rotatable bonds is 3. The van der Waals surface area contributed by atoms with E-state index in [1.165, 1.54) is 19.5 Å². The van der Waals surface area contributed by atoms with Gasteiger partial charge in [-0.2, -0.15) is 0 Å². The lowest BCUT2D eigenvalue weighted by molar-refractivity contribution is 0.173. The molecule has 3 rings (SSSR count). The Bertz CT molecular complexity index is 603. The number of fused-ring (bicyclic) bond motifs is 1. The molecule has 1 aromatic heterocycles. The lowest BCUT2D eigenvalue weighted by Crippen LogP contribution is -2.06. The van der Waals surface area contributed by atoms with E-state index < -0.39 is 6.10 Å². The molecule has 0 amide bonds. The summed E-state index contributed by atoms with van der Waals surface area (Å²) >= 11 is 0. The SMILES string of the molecule is COc1nccnc1C(O)c1ccc2c(c1)OCO2. The highest BCUT2D eigenvalue weighted by Gasteiger charge is 2.21. The van der Waals surface area contributed by atoms with Crippen LogP contribution in [0.5, 0.6) is 17.4 Å². The van der Waals surface area contributed by atoms with Crippen LogP contribution in [0, 0.1) is 0 Å². The topological polar surface area (TPSA) is 73.7 Å². The van der Waals surface area contributed by atoms with E-state index in [2.05, 4.69) is 9.97 Å². The molecule has 2 aromatic rings. The van der Waals surface area contributed by atoms with E-state index >= 15 is 0 Å². The first kappa shape index (κ1) is 11.7. The Hall–Kier alpha value is -2.34. The predicted molar refractivity (Wildman–Crippen MR) is 65.2 cm³/mol. The molecule has 0 fully saturated rings. The molecule has 0 bridgehead atoms. The molecule has 0 spiro atoms. The summed E-state index contributed by atoms with van der Waals surface area (Å²) in [6.07, 6.45) is 2.08. The van der Waals surface area contributed by atoms with Crippen molar-refractivity contribution < 1.29 is 19.3 Å². The van der Waals surface area contributed by atoms with Gasteiger partial charge in [-0.05, 0) is 17.7 Å². The highest BCUT2D eigenvalue weighted by atomic mass is 16.7. The minimum absolute atomic E-state index is 0.198. The first-order valence-corrected chi connectivity index (χ1v) is 5.72. The van der Waals surface area contributed by atoms with Crippen LogP contribution >= 0.6 is 0 Å². The van der Waals surface area contributed by atoms with Crippen LogP contribution in [-0.2, 0) is 0 Å². The van der Waals surface area contributed by atoms with E-state index in [9.17, 15) is 5.11 Å². The Balaban J connectivity index is 1.97. The summed E-state index contributed by atoms with van der Waals surface area (Å²) in [6, 6.07) is 5.23. The third-order valence-corrected chi connectivity index (χ3v) is 2.86. The summed E-state index contributed by atoms with van der Waals surface area (Å²) in [5.74, 6) is 1.58. The van der Waals surface area contributed by atoms with E-state index in [4.69, 9.17) is 14.2 Å². The van der Waals surface area contributed by atoms with Crippen molar-refractivity contribution in [3.8, 4) is 17.4 Å². The number of hydrogen-bond donors (Lipinski definition) is 1. The molecular formula is C13H12N2O4. The zero-order valence-electron chi connectivity index (χ0n) is 10.2. The molecule has 6 nitrogen and oxygen atoms in total. The van der Waals surface area contributed by atoms with Gasteiger partial charge < -0.3 is 19.3 Å². The Labute approximate surface area is 109 Å². The zero-order chi connectivity index (χ0) is 13.2. The van der Waals surface area contributed by atoms with Crippen LogP contribution in [0.4, 0.5) is 0 Å². The van der Waals surface area contributed by atoms with Crippen LogP contribution in [0.3, 0.4) is 0 Å². The molecule has 0 saturated carbocycles. The Morgan fingerprint density at radius 2 is 2.00 bits per heavy atom. The lowest BCUT2D eigenvalue weighted by atomic mass is 10.1. The van der Waals surface area contributed by atoms with Gasteiger partial charge in [-0.1, -0.05) is 6.07 Å². The second-order valence-electron chi connectivity index (χ2n) is 3.97.